The lowest BCUT2D eigenvalue weighted by atomic mass is 9.71. The van der Waals surface area contributed by atoms with Crippen molar-refractivity contribution in [2.24, 2.45) is 11.1 Å². The van der Waals surface area contributed by atoms with Crippen molar-refractivity contribution in [3.05, 3.63) is 0 Å². The number of carbonyl (C=O) groups is 1. The van der Waals surface area contributed by atoms with Crippen LogP contribution >= 0.6 is 24.8 Å². The third kappa shape index (κ3) is 6.27. The van der Waals surface area contributed by atoms with Crippen LogP contribution in [0.4, 0.5) is 0 Å². The topological polar surface area (TPSA) is 58.4 Å². The molecule has 148 valence electrons. The van der Waals surface area contributed by atoms with Crippen LogP contribution in [0.3, 0.4) is 0 Å². The number of amides is 1. The summed E-state index contributed by atoms with van der Waals surface area (Å²) in [6, 6.07) is 1.22. The summed E-state index contributed by atoms with van der Waals surface area (Å²) >= 11 is 0. The van der Waals surface area contributed by atoms with Crippen LogP contribution in [0.15, 0.2) is 0 Å². The smallest absolute Gasteiger partial charge is 0.220 e. The predicted octanol–water partition coefficient (Wildman–Crippen LogP) is 3.65. The molecule has 3 fully saturated rings. The molecule has 0 unspecified atom stereocenters. The molecule has 0 aromatic rings. The van der Waals surface area contributed by atoms with Gasteiger partial charge in [-0.25, -0.2) is 0 Å². The molecule has 1 aliphatic heterocycles. The van der Waals surface area contributed by atoms with Crippen molar-refractivity contribution in [3.8, 4) is 0 Å². The van der Waals surface area contributed by atoms with Crippen LogP contribution in [0.1, 0.15) is 77.0 Å². The van der Waals surface area contributed by atoms with E-state index >= 15 is 0 Å². The molecule has 6 heteroatoms. The first-order valence-electron chi connectivity index (χ1n) is 9.94. The summed E-state index contributed by atoms with van der Waals surface area (Å²) in [5.74, 6) is 0.247. The van der Waals surface area contributed by atoms with Crippen LogP contribution in [-0.2, 0) is 4.79 Å². The molecular weight excluding hydrogens is 357 g/mol. The van der Waals surface area contributed by atoms with E-state index in [9.17, 15) is 4.79 Å². The molecule has 0 aromatic carbocycles. The van der Waals surface area contributed by atoms with Crippen LogP contribution < -0.4 is 11.1 Å². The zero-order chi connectivity index (χ0) is 16.1. The fourth-order valence-electron chi connectivity index (χ4n) is 5.05. The normalized spacial score (nSPS) is 25.0. The van der Waals surface area contributed by atoms with Crippen LogP contribution in [0.25, 0.3) is 0 Å². The fraction of sp³-hybridized carbons (Fsp3) is 0.947. The number of nitrogens with one attached hydrogen (secondary N) is 1. The lowest BCUT2D eigenvalue weighted by molar-refractivity contribution is -0.125. The maximum Gasteiger partial charge on any atom is 0.220 e. The van der Waals surface area contributed by atoms with Gasteiger partial charge in [-0.05, 0) is 50.5 Å². The number of piperidine rings is 1. The van der Waals surface area contributed by atoms with E-state index < -0.39 is 0 Å². The number of carbonyl (C=O) groups excluding carboxylic acids is 1. The highest BCUT2D eigenvalue weighted by Crippen LogP contribution is 2.38. The molecule has 0 spiro atoms. The van der Waals surface area contributed by atoms with Crippen molar-refractivity contribution in [1.82, 2.24) is 10.2 Å². The molecule has 1 heterocycles. The quantitative estimate of drug-likeness (QED) is 0.748. The van der Waals surface area contributed by atoms with Crippen LogP contribution in [0.2, 0.25) is 0 Å². The monoisotopic (exact) mass is 393 g/mol. The highest BCUT2D eigenvalue weighted by atomic mass is 35.5. The Morgan fingerprint density at radius 1 is 0.960 bits per heavy atom. The third-order valence-electron chi connectivity index (χ3n) is 6.62. The molecule has 0 bridgehead atoms. The summed E-state index contributed by atoms with van der Waals surface area (Å²) in [5.41, 5.74) is 6.11. The van der Waals surface area contributed by atoms with Gasteiger partial charge in [0.05, 0.1) is 0 Å². The molecule has 0 radical (unpaired) electrons. The van der Waals surface area contributed by atoms with E-state index in [0.717, 1.165) is 44.8 Å². The van der Waals surface area contributed by atoms with Gasteiger partial charge in [-0.1, -0.05) is 32.1 Å². The first kappa shape index (κ1) is 23.0. The Kier molecular flexibility index (Phi) is 10.1. The minimum atomic E-state index is 0. The van der Waals surface area contributed by atoms with E-state index in [4.69, 9.17) is 5.73 Å². The summed E-state index contributed by atoms with van der Waals surface area (Å²) in [6.07, 6.45) is 14.5. The highest BCUT2D eigenvalue weighted by Gasteiger charge is 2.34. The van der Waals surface area contributed by atoms with Crippen molar-refractivity contribution < 1.29 is 4.79 Å². The standard InChI is InChI=1S/C19H35N3O.2ClH/c20-15-19(10-4-1-5-11-19)14-18(23)21-16-8-12-22(13-9-16)17-6-2-3-7-17;;/h16-17H,1-15,20H2,(H,21,23);2*1H. The van der Waals surface area contributed by atoms with Crippen molar-refractivity contribution in [3.63, 3.8) is 0 Å². The molecular formula is C19H37Cl2N3O. The Balaban J connectivity index is 0.00000156. The molecule has 25 heavy (non-hydrogen) atoms. The Bertz CT molecular complexity index is 388. The average Bonchev–Trinajstić information content (AvgIpc) is 3.11. The predicted molar refractivity (Wildman–Crippen MR) is 109 cm³/mol. The van der Waals surface area contributed by atoms with E-state index in [0.29, 0.717) is 19.0 Å². The highest BCUT2D eigenvalue weighted by molar-refractivity contribution is 5.85. The SMILES string of the molecule is Cl.Cl.NCC1(CC(=O)NC2CCN(C3CCCC3)CC2)CCCCC1. The molecule has 1 amide bonds. The average molecular weight is 394 g/mol. The first-order valence-corrected chi connectivity index (χ1v) is 9.94. The number of likely N-dealkylation sites (tertiary alicyclic amines) is 1. The van der Waals surface area contributed by atoms with Gasteiger partial charge in [0.2, 0.25) is 5.91 Å². The second-order valence-corrected chi connectivity index (χ2v) is 8.26. The molecule has 2 saturated carbocycles. The number of nitrogens with two attached hydrogens (primary N) is 1. The molecule has 4 nitrogen and oxygen atoms in total. The Hall–Kier alpha value is -0.0300. The zero-order valence-corrected chi connectivity index (χ0v) is 17.1. The molecule has 1 saturated heterocycles. The zero-order valence-electron chi connectivity index (χ0n) is 15.5. The number of hydrogen-bond donors (Lipinski definition) is 2. The second kappa shape index (κ2) is 11.0. The van der Waals surface area contributed by atoms with Gasteiger partial charge < -0.3 is 16.0 Å². The molecule has 3 aliphatic rings. The summed E-state index contributed by atoms with van der Waals surface area (Å²) in [7, 11) is 0. The van der Waals surface area contributed by atoms with Gasteiger partial charge in [0.15, 0.2) is 0 Å². The van der Waals surface area contributed by atoms with Gasteiger partial charge >= 0.3 is 0 Å². The van der Waals surface area contributed by atoms with Gasteiger partial charge in [0.25, 0.3) is 0 Å². The van der Waals surface area contributed by atoms with Gasteiger partial charge in [0.1, 0.15) is 0 Å². The summed E-state index contributed by atoms with van der Waals surface area (Å²) in [5, 5.41) is 3.32. The Morgan fingerprint density at radius 2 is 1.56 bits per heavy atom. The van der Waals surface area contributed by atoms with Crippen molar-refractivity contribution in [2.75, 3.05) is 19.6 Å². The van der Waals surface area contributed by atoms with Crippen LogP contribution in [0.5, 0.6) is 0 Å². The maximum absolute atomic E-state index is 12.5. The second-order valence-electron chi connectivity index (χ2n) is 8.26. The van der Waals surface area contributed by atoms with Gasteiger partial charge in [-0.3, -0.25) is 4.79 Å². The minimum absolute atomic E-state index is 0. The number of halogens is 2. The summed E-state index contributed by atoms with van der Waals surface area (Å²) < 4.78 is 0. The minimum Gasteiger partial charge on any atom is -0.353 e. The first-order chi connectivity index (χ1) is 11.2. The maximum atomic E-state index is 12.5. The summed E-state index contributed by atoms with van der Waals surface area (Å²) in [6.45, 7) is 3.00. The van der Waals surface area contributed by atoms with E-state index in [1.54, 1.807) is 0 Å². The van der Waals surface area contributed by atoms with E-state index in [1.807, 2.05) is 0 Å². The van der Waals surface area contributed by atoms with Gasteiger partial charge in [0, 0.05) is 31.6 Å². The van der Waals surface area contributed by atoms with Crippen molar-refractivity contribution >= 4 is 30.7 Å². The van der Waals surface area contributed by atoms with Crippen LogP contribution in [0, 0.1) is 5.41 Å². The third-order valence-corrected chi connectivity index (χ3v) is 6.62. The molecule has 0 atom stereocenters. The lowest BCUT2D eigenvalue weighted by Crippen LogP contribution is -2.48. The molecule has 0 aromatic heterocycles. The molecule has 2 aliphatic carbocycles. The van der Waals surface area contributed by atoms with Gasteiger partial charge in [-0.15, -0.1) is 24.8 Å². The lowest BCUT2D eigenvalue weighted by Gasteiger charge is -2.38. The number of hydrogen-bond acceptors (Lipinski definition) is 3. The molecule has 3 rings (SSSR count). The van der Waals surface area contributed by atoms with Gasteiger partial charge in [-0.2, -0.15) is 0 Å². The molecule has 3 N–H and O–H groups in total. The van der Waals surface area contributed by atoms with Crippen molar-refractivity contribution in [1.29, 1.82) is 0 Å². The van der Waals surface area contributed by atoms with E-state index in [1.165, 1.54) is 44.9 Å². The number of nitrogens with zero attached hydrogens (tertiary/aromatic N) is 1. The largest absolute Gasteiger partial charge is 0.353 e. The number of rotatable bonds is 5. The van der Waals surface area contributed by atoms with E-state index in [-0.39, 0.29) is 36.1 Å². The fourth-order valence-corrected chi connectivity index (χ4v) is 5.05. The summed E-state index contributed by atoms with van der Waals surface area (Å²) in [4.78, 5) is 15.2. The Labute approximate surface area is 165 Å². The Morgan fingerprint density at radius 3 is 2.12 bits per heavy atom. The van der Waals surface area contributed by atoms with Crippen molar-refractivity contribution in [2.45, 2.75) is 89.1 Å². The van der Waals surface area contributed by atoms with E-state index in [2.05, 4.69) is 10.2 Å². The van der Waals surface area contributed by atoms with Crippen LogP contribution in [-0.4, -0.2) is 42.5 Å².